The molecule has 1 aliphatic rings. The summed E-state index contributed by atoms with van der Waals surface area (Å²) in [5.41, 5.74) is 2.38. The third kappa shape index (κ3) is 3.22. The molecule has 1 aliphatic heterocycles. The smallest absolute Gasteiger partial charge is 0.227 e. The third-order valence-electron chi connectivity index (χ3n) is 4.63. The molecule has 1 saturated heterocycles. The van der Waals surface area contributed by atoms with Gasteiger partial charge >= 0.3 is 0 Å². The zero-order valence-electron chi connectivity index (χ0n) is 14.5. The molecule has 3 heterocycles. The van der Waals surface area contributed by atoms with Gasteiger partial charge in [-0.1, -0.05) is 45.8 Å². The normalized spacial score (nSPS) is 17.0. The van der Waals surface area contributed by atoms with Gasteiger partial charge in [0.25, 0.3) is 0 Å². The molecule has 0 unspecified atom stereocenters. The van der Waals surface area contributed by atoms with Crippen molar-refractivity contribution in [3.8, 4) is 11.4 Å². The fourth-order valence-corrected chi connectivity index (χ4v) is 3.31. The van der Waals surface area contributed by atoms with Gasteiger partial charge in [0, 0.05) is 24.9 Å². The highest BCUT2D eigenvalue weighted by molar-refractivity contribution is 5.77. The second-order valence-corrected chi connectivity index (χ2v) is 6.36. The van der Waals surface area contributed by atoms with Gasteiger partial charge in [-0.3, -0.25) is 4.79 Å². The first-order valence-corrected chi connectivity index (χ1v) is 8.69. The van der Waals surface area contributed by atoms with Crippen molar-refractivity contribution in [1.82, 2.24) is 25.4 Å². The van der Waals surface area contributed by atoms with Crippen LogP contribution in [0.2, 0.25) is 0 Å². The van der Waals surface area contributed by atoms with Crippen molar-refractivity contribution < 1.29 is 13.9 Å². The summed E-state index contributed by atoms with van der Waals surface area (Å²) < 4.78 is 10.1. The van der Waals surface area contributed by atoms with E-state index in [1.54, 1.807) is 0 Å². The topological polar surface area (TPSA) is 98.2 Å². The number of likely N-dealkylation sites (tertiary alicyclic amines) is 1. The molecule has 1 fully saturated rings. The number of hydrogen-bond donors (Lipinski definition) is 0. The van der Waals surface area contributed by atoms with Crippen LogP contribution in [0.15, 0.2) is 39.5 Å². The monoisotopic (exact) mass is 353 g/mol. The van der Waals surface area contributed by atoms with Crippen LogP contribution in [0.1, 0.15) is 42.6 Å². The minimum absolute atomic E-state index is 0.0503. The van der Waals surface area contributed by atoms with Crippen LogP contribution in [0.3, 0.4) is 0 Å². The van der Waals surface area contributed by atoms with Gasteiger partial charge in [0.15, 0.2) is 0 Å². The number of aromatic nitrogens is 4. The standard InChI is InChI=1S/C18H19N5O3/c1-12-17(21-26-20-12)14-8-5-11-23(14)16(24)10-9-15-19-18(22-25-15)13-6-3-2-4-7-13/h2-4,6-7,14H,5,8-11H2,1H3/t14-/m1/s1. The molecule has 26 heavy (non-hydrogen) atoms. The molecule has 0 radical (unpaired) electrons. The zero-order chi connectivity index (χ0) is 17.9. The average molecular weight is 353 g/mol. The van der Waals surface area contributed by atoms with Gasteiger partial charge < -0.3 is 9.42 Å². The zero-order valence-corrected chi connectivity index (χ0v) is 14.5. The van der Waals surface area contributed by atoms with Crippen molar-refractivity contribution in [2.75, 3.05) is 6.54 Å². The van der Waals surface area contributed by atoms with E-state index in [0.717, 1.165) is 36.3 Å². The highest BCUT2D eigenvalue weighted by Crippen LogP contribution is 2.32. The van der Waals surface area contributed by atoms with Crippen LogP contribution < -0.4 is 0 Å². The number of carbonyl (C=O) groups is 1. The Hall–Kier alpha value is -3.03. The fraction of sp³-hybridized carbons (Fsp3) is 0.389. The quantitative estimate of drug-likeness (QED) is 0.695. The molecule has 0 bridgehead atoms. The second kappa shape index (κ2) is 7.07. The van der Waals surface area contributed by atoms with Gasteiger partial charge in [0.1, 0.15) is 11.4 Å². The maximum absolute atomic E-state index is 12.7. The van der Waals surface area contributed by atoms with Crippen molar-refractivity contribution >= 4 is 5.91 Å². The summed E-state index contributed by atoms with van der Waals surface area (Å²) in [6, 6.07) is 9.55. The van der Waals surface area contributed by atoms with Crippen molar-refractivity contribution in [3.05, 3.63) is 47.6 Å². The number of nitrogens with zero attached hydrogens (tertiary/aromatic N) is 5. The van der Waals surface area contributed by atoms with Crippen molar-refractivity contribution in [1.29, 1.82) is 0 Å². The highest BCUT2D eigenvalue weighted by atomic mass is 16.6. The van der Waals surface area contributed by atoms with E-state index in [1.807, 2.05) is 42.2 Å². The van der Waals surface area contributed by atoms with E-state index < -0.39 is 0 Å². The van der Waals surface area contributed by atoms with E-state index in [-0.39, 0.29) is 11.9 Å². The van der Waals surface area contributed by atoms with E-state index in [9.17, 15) is 4.79 Å². The third-order valence-corrected chi connectivity index (χ3v) is 4.63. The predicted octanol–water partition coefficient (Wildman–Crippen LogP) is 2.72. The van der Waals surface area contributed by atoms with Gasteiger partial charge in [-0.25, -0.2) is 4.63 Å². The molecular formula is C18H19N5O3. The molecule has 1 atom stereocenters. The summed E-state index contributed by atoms with van der Waals surface area (Å²) in [5.74, 6) is 1.05. The molecule has 0 N–H and O–H groups in total. The maximum Gasteiger partial charge on any atom is 0.227 e. The lowest BCUT2D eigenvalue weighted by atomic mass is 10.1. The summed E-state index contributed by atoms with van der Waals surface area (Å²) in [7, 11) is 0. The molecule has 8 heteroatoms. The van der Waals surface area contributed by atoms with Gasteiger partial charge in [0.05, 0.1) is 6.04 Å². The second-order valence-electron chi connectivity index (χ2n) is 6.36. The Morgan fingerprint density at radius 3 is 2.85 bits per heavy atom. The molecule has 4 rings (SSSR count). The molecule has 0 saturated carbocycles. The Kier molecular flexibility index (Phi) is 4.47. The SMILES string of the molecule is Cc1nonc1[C@H]1CCCN1C(=O)CCc1nc(-c2ccccc2)no1. The Morgan fingerprint density at radius 1 is 1.23 bits per heavy atom. The van der Waals surface area contributed by atoms with Gasteiger partial charge in [-0.15, -0.1) is 0 Å². The van der Waals surface area contributed by atoms with Crippen LogP contribution in [0.4, 0.5) is 0 Å². The molecule has 0 spiro atoms. The van der Waals surface area contributed by atoms with Crippen LogP contribution in [0, 0.1) is 6.92 Å². The Bertz CT molecular complexity index is 889. The summed E-state index contributed by atoms with van der Waals surface area (Å²) in [6.07, 6.45) is 2.55. The van der Waals surface area contributed by atoms with Crippen LogP contribution in [-0.4, -0.2) is 37.8 Å². The maximum atomic E-state index is 12.7. The van der Waals surface area contributed by atoms with E-state index in [4.69, 9.17) is 9.15 Å². The van der Waals surface area contributed by atoms with E-state index in [1.165, 1.54) is 0 Å². The van der Waals surface area contributed by atoms with Crippen LogP contribution in [0.25, 0.3) is 11.4 Å². The Balaban J connectivity index is 1.40. The lowest BCUT2D eigenvalue weighted by Crippen LogP contribution is -2.31. The summed E-state index contributed by atoms with van der Waals surface area (Å²) in [5, 5.41) is 11.8. The summed E-state index contributed by atoms with van der Waals surface area (Å²) in [4.78, 5) is 18.9. The van der Waals surface area contributed by atoms with Crippen LogP contribution in [-0.2, 0) is 11.2 Å². The first kappa shape index (κ1) is 16.4. The van der Waals surface area contributed by atoms with E-state index in [0.29, 0.717) is 24.6 Å². The Morgan fingerprint density at radius 2 is 2.08 bits per heavy atom. The van der Waals surface area contributed by atoms with Crippen LogP contribution in [0.5, 0.6) is 0 Å². The molecule has 134 valence electrons. The van der Waals surface area contributed by atoms with Gasteiger partial charge in [-0.2, -0.15) is 4.98 Å². The van der Waals surface area contributed by atoms with E-state index in [2.05, 4.69) is 20.5 Å². The van der Waals surface area contributed by atoms with Crippen molar-refractivity contribution in [3.63, 3.8) is 0 Å². The van der Waals surface area contributed by atoms with Crippen molar-refractivity contribution in [2.24, 2.45) is 0 Å². The number of hydrogen-bond acceptors (Lipinski definition) is 7. The number of aryl methyl sites for hydroxylation is 2. The molecule has 8 nitrogen and oxygen atoms in total. The number of rotatable bonds is 5. The molecule has 3 aromatic rings. The molecule has 1 aromatic carbocycles. The highest BCUT2D eigenvalue weighted by Gasteiger charge is 2.33. The summed E-state index contributed by atoms with van der Waals surface area (Å²) in [6.45, 7) is 2.56. The average Bonchev–Trinajstić information content (AvgIpc) is 3.40. The minimum atomic E-state index is -0.0590. The number of carbonyl (C=O) groups excluding carboxylic acids is 1. The molecule has 1 amide bonds. The largest absolute Gasteiger partial charge is 0.339 e. The lowest BCUT2D eigenvalue weighted by molar-refractivity contribution is -0.132. The molecule has 2 aromatic heterocycles. The molecular weight excluding hydrogens is 334 g/mol. The Labute approximate surface area is 150 Å². The van der Waals surface area contributed by atoms with Gasteiger partial charge in [0.2, 0.25) is 17.6 Å². The van der Waals surface area contributed by atoms with Crippen LogP contribution >= 0.6 is 0 Å². The number of benzene rings is 1. The fourth-order valence-electron chi connectivity index (χ4n) is 3.31. The number of amides is 1. The van der Waals surface area contributed by atoms with Gasteiger partial charge in [-0.05, 0) is 19.8 Å². The molecule has 0 aliphatic carbocycles. The first-order chi connectivity index (χ1) is 12.7. The van der Waals surface area contributed by atoms with E-state index >= 15 is 0 Å². The summed E-state index contributed by atoms with van der Waals surface area (Å²) >= 11 is 0. The lowest BCUT2D eigenvalue weighted by Gasteiger charge is -2.22. The van der Waals surface area contributed by atoms with Crippen molar-refractivity contribution in [2.45, 2.75) is 38.6 Å². The predicted molar refractivity (Wildman–Crippen MR) is 90.8 cm³/mol. The first-order valence-electron chi connectivity index (χ1n) is 8.69. The minimum Gasteiger partial charge on any atom is -0.339 e.